The van der Waals surface area contributed by atoms with Crippen molar-refractivity contribution in [1.82, 2.24) is 4.37 Å². The molecule has 1 rings (SSSR count). The zero-order valence-corrected chi connectivity index (χ0v) is 9.88. The van der Waals surface area contributed by atoms with Crippen LogP contribution in [0.1, 0.15) is 5.56 Å². The molecule has 5 nitrogen and oxygen atoms in total. The molecule has 0 saturated carbocycles. The Kier molecular flexibility index (Phi) is 4.80. The summed E-state index contributed by atoms with van der Waals surface area (Å²) in [4.78, 5) is 2.03. The molecule has 1 heterocycles. The lowest BCUT2D eigenvalue weighted by Crippen LogP contribution is -2.29. The molecule has 0 atom stereocenters. The van der Waals surface area contributed by atoms with Crippen molar-refractivity contribution in [2.75, 3.05) is 44.0 Å². The first-order valence-electron chi connectivity index (χ1n) is 4.77. The molecule has 1 aromatic heterocycles. The van der Waals surface area contributed by atoms with Gasteiger partial charge in [0.05, 0.1) is 13.2 Å². The molecule has 0 aliphatic heterocycles. The number of rotatable bonds is 6. The highest BCUT2D eigenvalue weighted by atomic mass is 32.1. The molecular formula is C9H17N3O2S. The highest BCUT2D eigenvalue weighted by Gasteiger charge is 2.13. The Morgan fingerprint density at radius 2 is 2.27 bits per heavy atom. The van der Waals surface area contributed by atoms with E-state index in [-0.39, 0.29) is 6.61 Å². The zero-order valence-electron chi connectivity index (χ0n) is 9.06. The summed E-state index contributed by atoms with van der Waals surface area (Å²) < 4.78 is 9.10. The number of nitrogens with zero attached hydrogens (tertiary/aromatic N) is 2. The van der Waals surface area contributed by atoms with Crippen LogP contribution in [0.4, 0.5) is 10.8 Å². The average molecular weight is 231 g/mol. The van der Waals surface area contributed by atoms with E-state index in [1.54, 1.807) is 7.11 Å². The van der Waals surface area contributed by atoms with Crippen LogP contribution in [0.2, 0.25) is 0 Å². The average Bonchev–Trinajstić information content (AvgIpc) is 2.55. The van der Waals surface area contributed by atoms with Gasteiger partial charge in [0, 0.05) is 25.8 Å². The van der Waals surface area contributed by atoms with Crippen molar-refractivity contribution < 1.29 is 9.84 Å². The summed E-state index contributed by atoms with van der Waals surface area (Å²) in [6.07, 6.45) is 0. The molecule has 0 spiro atoms. The Hall–Kier alpha value is -0.850. The van der Waals surface area contributed by atoms with Crippen molar-refractivity contribution in [3.63, 3.8) is 0 Å². The number of nitrogens with two attached hydrogens (primary N) is 1. The molecule has 0 aliphatic carbocycles. The third-order valence-corrected chi connectivity index (χ3v) is 3.18. The second-order valence-electron chi connectivity index (χ2n) is 3.20. The van der Waals surface area contributed by atoms with Gasteiger partial charge in [-0.1, -0.05) is 0 Å². The summed E-state index contributed by atoms with van der Waals surface area (Å²) in [5, 5.41) is 9.98. The van der Waals surface area contributed by atoms with E-state index in [1.807, 2.05) is 11.8 Å². The standard InChI is InChI=1S/C9H17N3O2S/c1-7-8(10)11-15-9(7)12(3-5-13)4-6-14-2/h13H,3-6H2,1-2H3,(H2,10,11). The fourth-order valence-electron chi connectivity index (χ4n) is 1.27. The van der Waals surface area contributed by atoms with Crippen LogP contribution >= 0.6 is 11.5 Å². The monoisotopic (exact) mass is 231 g/mol. The van der Waals surface area contributed by atoms with Crippen LogP contribution in [0, 0.1) is 6.92 Å². The highest BCUT2D eigenvalue weighted by molar-refractivity contribution is 7.10. The lowest BCUT2D eigenvalue weighted by Gasteiger charge is -2.21. The predicted octanol–water partition coefficient (Wildman–Crippen LogP) is 0.479. The van der Waals surface area contributed by atoms with Crippen LogP contribution in [0.15, 0.2) is 0 Å². The number of hydrogen-bond acceptors (Lipinski definition) is 6. The smallest absolute Gasteiger partial charge is 0.142 e. The molecule has 0 bridgehead atoms. The van der Waals surface area contributed by atoms with E-state index in [4.69, 9.17) is 15.6 Å². The Bertz CT molecular complexity index is 304. The molecule has 1 aromatic rings. The van der Waals surface area contributed by atoms with Gasteiger partial charge in [0.1, 0.15) is 10.8 Å². The van der Waals surface area contributed by atoms with Crippen LogP contribution in [0.3, 0.4) is 0 Å². The zero-order chi connectivity index (χ0) is 11.3. The lowest BCUT2D eigenvalue weighted by molar-refractivity contribution is 0.203. The molecule has 0 fully saturated rings. The maximum atomic E-state index is 8.97. The van der Waals surface area contributed by atoms with Gasteiger partial charge >= 0.3 is 0 Å². The minimum Gasteiger partial charge on any atom is -0.395 e. The number of aliphatic hydroxyl groups is 1. The van der Waals surface area contributed by atoms with Crippen molar-refractivity contribution in [3.8, 4) is 0 Å². The van der Waals surface area contributed by atoms with Crippen LogP contribution in [0.5, 0.6) is 0 Å². The summed E-state index contributed by atoms with van der Waals surface area (Å²) >= 11 is 1.36. The maximum Gasteiger partial charge on any atom is 0.142 e. The summed E-state index contributed by atoms with van der Waals surface area (Å²) in [6.45, 7) is 3.98. The van der Waals surface area contributed by atoms with E-state index < -0.39 is 0 Å². The third-order valence-electron chi connectivity index (χ3n) is 2.16. The summed E-state index contributed by atoms with van der Waals surface area (Å²) in [5.74, 6) is 0.565. The quantitative estimate of drug-likeness (QED) is 0.745. The molecule has 15 heavy (non-hydrogen) atoms. The molecule has 0 aromatic carbocycles. The Morgan fingerprint density at radius 3 is 2.73 bits per heavy atom. The topological polar surface area (TPSA) is 71.6 Å². The van der Waals surface area contributed by atoms with E-state index in [9.17, 15) is 0 Å². The minimum absolute atomic E-state index is 0.112. The number of anilines is 2. The third kappa shape index (κ3) is 3.05. The number of ether oxygens (including phenoxy) is 1. The van der Waals surface area contributed by atoms with Crippen LogP contribution in [-0.4, -0.2) is 42.9 Å². The molecule has 3 N–H and O–H groups in total. The molecule has 6 heteroatoms. The Morgan fingerprint density at radius 1 is 1.53 bits per heavy atom. The van der Waals surface area contributed by atoms with Crippen molar-refractivity contribution in [2.24, 2.45) is 0 Å². The van der Waals surface area contributed by atoms with Gasteiger partial charge in [0.25, 0.3) is 0 Å². The van der Waals surface area contributed by atoms with Crippen molar-refractivity contribution >= 4 is 22.4 Å². The molecule has 0 aliphatic rings. The van der Waals surface area contributed by atoms with Gasteiger partial charge in [-0.25, -0.2) is 0 Å². The molecule has 0 amide bonds. The molecule has 86 valence electrons. The second-order valence-corrected chi connectivity index (χ2v) is 3.95. The number of aromatic nitrogens is 1. The van der Waals surface area contributed by atoms with Crippen LogP contribution in [0.25, 0.3) is 0 Å². The SMILES string of the molecule is COCCN(CCO)c1snc(N)c1C. The van der Waals surface area contributed by atoms with E-state index >= 15 is 0 Å². The predicted molar refractivity (Wildman–Crippen MR) is 62.4 cm³/mol. The first-order valence-corrected chi connectivity index (χ1v) is 5.54. The van der Waals surface area contributed by atoms with Gasteiger partial charge in [-0.05, 0) is 18.5 Å². The van der Waals surface area contributed by atoms with Gasteiger partial charge in [0.15, 0.2) is 0 Å². The minimum atomic E-state index is 0.112. The molecule has 0 saturated heterocycles. The van der Waals surface area contributed by atoms with Gasteiger partial charge in [-0.2, -0.15) is 4.37 Å². The maximum absolute atomic E-state index is 8.97. The normalized spacial score (nSPS) is 10.6. The highest BCUT2D eigenvalue weighted by Crippen LogP contribution is 2.29. The van der Waals surface area contributed by atoms with E-state index in [0.717, 1.165) is 17.1 Å². The van der Waals surface area contributed by atoms with Crippen molar-refractivity contribution in [2.45, 2.75) is 6.92 Å². The fraction of sp³-hybridized carbons (Fsp3) is 0.667. The molecule has 0 radical (unpaired) electrons. The lowest BCUT2D eigenvalue weighted by atomic mass is 10.3. The first kappa shape index (κ1) is 12.2. The number of hydrogen-bond donors (Lipinski definition) is 2. The summed E-state index contributed by atoms with van der Waals surface area (Å²) in [6, 6.07) is 0. The Labute approximate surface area is 93.6 Å². The van der Waals surface area contributed by atoms with Crippen LogP contribution < -0.4 is 10.6 Å². The van der Waals surface area contributed by atoms with E-state index in [1.165, 1.54) is 11.5 Å². The van der Waals surface area contributed by atoms with E-state index in [0.29, 0.717) is 19.0 Å². The number of nitrogen functional groups attached to an aromatic ring is 1. The Balaban J connectivity index is 2.74. The largest absolute Gasteiger partial charge is 0.395 e. The second kappa shape index (κ2) is 5.89. The van der Waals surface area contributed by atoms with E-state index in [2.05, 4.69) is 4.37 Å². The van der Waals surface area contributed by atoms with Crippen molar-refractivity contribution in [1.29, 1.82) is 0 Å². The van der Waals surface area contributed by atoms with Gasteiger partial charge < -0.3 is 20.5 Å². The number of methoxy groups -OCH3 is 1. The number of aliphatic hydroxyl groups excluding tert-OH is 1. The summed E-state index contributed by atoms with van der Waals surface area (Å²) in [7, 11) is 1.66. The van der Waals surface area contributed by atoms with Gasteiger partial charge in [-0.15, -0.1) is 0 Å². The molecular weight excluding hydrogens is 214 g/mol. The molecule has 0 unspecified atom stereocenters. The van der Waals surface area contributed by atoms with Gasteiger partial charge in [0.2, 0.25) is 0 Å². The van der Waals surface area contributed by atoms with Crippen molar-refractivity contribution in [3.05, 3.63) is 5.56 Å². The van der Waals surface area contributed by atoms with Crippen LogP contribution in [-0.2, 0) is 4.74 Å². The fourth-order valence-corrected chi connectivity index (χ4v) is 2.13. The van der Waals surface area contributed by atoms with Gasteiger partial charge in [-0.3, -0.25) is 0 Å². The first-order chi connectivity index (χ1) is 7.20. The summed E-state index contributed by atoms with van der Waals surface area (Å²) in [5.41, 5.74) is 6.66.